The van der Waals surface area contributed by atoms with Gasteiger partial charge in [0.25, 0.3) is 0 Å². The smallest absolute Gasteiger partial charge is 0.330 e. The summed E-state index contributed by atoms with van der Waals surface area (Å²) in [4.78, 5) is 11.2. The van der Waals surface area contributed by atoms with Crippen molar-refractivity contribution in [1.82, 2.24) is 0 Å². The first-order valence-corrected chi connectivity index (χ1v) is 6.72. The maximum absolute atomic E-state index is 11.2. The molecule has 2 aromatic carbocycles. The number of benzene rings is 2. The molecule has 0 bridgehead atoms. The molecule has 0 atom stereocenters. The molecular weight excluding hydrogens is 264 g/mol. The number of hydrogen-bond donors (Lipinski definition) is 0. The second kappa shape index (κ2) is 7.29. The normalized spacial score (nSPS) is 10.6. The van der Waals surface area contributed by atoms with Gasteiger partial charge < -0.3 is 9.47 Å². The minimum absolute atomic E-state index is 0.386. The minimum atomic E-state index is -0.386. The summed E-state index contributed by atoms with van der Waals surface area (Å²) < 4.78 is 10.4. The molecule has 0 saturated carbocycles. The number of carbonyl (C=O) groups excluding carboxylic acids is 1. The number of methoxy groups -OCH3 is 1. The van der Waals surface area contributed by atoms with E-state index < -0.39 is 0 Å². The van der Waals surface area contributed by atoms with Gasteiger partial charge in [-0.15, -0.1) is 0 Å². The number of aryl methyl sites for hydroxylation is 1. The molecule has 3 heteroatoms. The molecule has 0 heterocycles. The molecule has 2 aromatic rings. The van der Waals surface area contributed by atoms with Gasteiger partial charge in [0.2, 0.25) is 0 Å². The first-order chi connectivity index (χ1) is 10.2. The van der Waals surface area contributed by atoms with Gasteiger partial charge in [0, 0.05) is 11.6 Å². The van der Waals surface area contributed by atoms with Crippen LogP contribution in [-0.2, 0) is 16.1 Å². The largest absolute Gasteiger partial charge is 0.488 e. The Hall–Kier alpha value is -2.55. The van der Waals surface area contributed by atoms with Gasteiger partial charge in [-0.1, -0.05) is 48.0 Å². The Balaban J connectivity index is 2.07. The van der Waals surface area contributed by atoms with Gasteiger partial charge in [-0.05, 0) is 24.6 Å². The molecule has 2 rings (SSSR count). The van der Waals surface area contributed by atoms with Crippen LogP contribution in [0.1, 0.15) is 16.7 Å². The lowest BCUT2D eigenvalue weighted by molar-refractivity contribution is -0.134. The van der Waals surface area contributed by atoms with E-state index in [4.69, 9.17) is 4.74 Å². The third kappa shape index (κ3) is 4.49. The highest BCUT2D eigenvalue weighted by Gasteiger charge is 2.02. The molecule has 0 saturated heterocycles. The highest BCUT2D eigenvalue weighted by atomic mass is 16.5. The summed E-state index contributed by atoms with van der Waals surface area (Å²) in [5.41, 5.74) is 3.17. The zero-order valence-electron chi connectivity index (χ0n) is 12.2. The van der Waals surface area contributed by atoms with Crippen molar-refractivity contribution in [3.63, 3.8) is 0 Å². The molecule has 0 fully saturated rings. The lowest BCUT2D eigenvalue weighted by Gasteiger charge is -2.09. The second-order valence-electron chi connectivity index (χ2n) is 4.67. The van der Waals surface area contributed by atoms with Crippen LogP contribution in [0.5, 0.6) is 5.75 Å². The predicted octanol–water partition coefficient (Wildman–Crippen LogP) is 3.76. The van der Waals surface area contributed by atoms with Crippen molar-refractivity contribution < 1.29 is 14.3 Å². The summed E-state index contributed by atoms with van der Waals surface area (Å²) >= 11 is 0. The van der Waals surface area contributed by atoms with Crippen molar-refractivity contribution in [2.45, 2.75) is 13.5 Å². The van der Waals surface area contributed by atoms with Crippen LogP contribution in [0.2, 0.25) is 0 Å². The predicted molar refractivity (Wildman–Crippen MR) is 83.0 cm³/mol. The molecule has 0 radical (unpaired) electrons. The number of carbonyl (C=O) groups is 1. The maximum atomic E-state index is 11.2. The van der Waals surface area contributed by atoms with Crippen LogP contribution in [0, 0.1) is 6.92 Å². The van der Waals surface area contributed by atoms with E-state index in [0.717, 1.165) is 16.9 Å². The van der Waals surface area contributed by atoms with E-state index in [1.807, 2.05) is 36.4 Å². The van der Waals surface area contributed by atoms with Crippen LogP contribution < -0.4 is 4.74 Å². The summed E-state index contributed by atoms with van der Waals surface area (Å²) in [6.07, 6.45) is 3.07. The van der Waals surface area contributed by atoms with Gasteiger partial charge >= 0.3 is 5.97 Å². The Morgan fingerprint density at radius 3 is 2.52 bits per heavy atom. The van der Waals surface area contributed by atoms with E-state index in [-0.39, 0.29) is 5.97 Å². The molecule has 108 valence electrons. The van der Waals surface area contributed by atoms with E-state index in [2.05, 4.69) is 23.8 Å². The highest BCUT2D eigenvalue weighted by Crippen LogP contribution is 2.21. The van der Waals surface area contributed by atoms with Crippen molar-refractivity contribution in [1.29, 1.82) is 0 Å². The van der Waals surface area contributed by atoms with Crippen molar-refractivity contribution >= 4 is 12.0 Å². The zero-order valence-corrected chi connectivity index (χ0v) is 12.2. The van der Waals surface area contributed by atoms with Gasteiger partial charge in [0.15, 0.2) is 0 Å². The maximum Gasteiger partial charge on any atom is 0.330 e. The zero-order chi connectivity index (χ0) is 15.1. The average molecular weight is 282 g/mol. The first kappa shape index (κ1) is 14.9. The van der Waals surface area contributed by atoms with Gasteiger partial charge in [-0.25, -0.2) is 4.79 Å². The molecule has 21 heavy (non-hydrogen) atoms. The van der Waals surface area contributed by atoms with Crippen LogP contribution in [0.15, 0.2) is 54.6 Å². The van der Waals surface area contributed by atoms with Crippen molar-refractivity contribution in [3.8, 4) is 5.75 Å². The van der Waals surface area contributed by atoms with Crippen LogP contribution in [0.25, 0.3) is 6.08 Å². The number of rotatable bonds is 5. The minimum Gasteiger partial charge on any atom is -0.488 e. The fraction of sp³-hybridized carbons (Fsp3) is 0.167. The Labute approximate surface area is 124 Å². The summed E-state index contributed by atoms with van der Waals surface area (Å²) in [5.74, 6) is 0.349. The highest BCUT2D eigenvalue weighted by molar-refractivity contribution is 5.87. The molecule has 0 amide bonds. The van der Waals surface area contributed by atoms with Crippen molar-refractivity contribution in [3.05, 3.63) is 71.3 Å². The summed E-state index contributed by atoms with van der Waals surface area (Å²) in [5, 5.41) is 0. The SMILES string of the molecule is COC(=O)/C=C/c1ccccc1OCc1ccc(C)cc1. The van der Waals surface area contributed by atoms with E-state index in [1.54, 1.807) is 6.08 Å². The van der Waals surface area contributed by atoms with E-state index in [0.29, 0.717) is 6.61 Å². The topological polar surface area (TPSA) is 35.5 Å². The summed E-state index contributed by atoms with van der Waals surface area (Å²) in [7, 11) is 1.35. The van der Waals surface area contributed by atoms with Crippen LogP contribution >= 0.6 is 0 Å². The van der Waals surface area contributed by atoms with E-state index in [9.17, 15) is 4.79 Å². The van der Waals surface area contributed by atoms with E-state index in [1.165, 1.54) is 18.7 Å². The van der Waals surface area contributed by atoms with Crippen LogP contribution in [0.4, 0.5) is 0 Å². The lowest BCUT2D eigenvalue weighted by Crippen LogP contribution is -1.97. The fourth-order valence-corrected chi connectivity index (χ4v) is 1.82. The molecule has 3 nitrogen and oxygen atoms in total. The molecule has 0 unspecified atom stereocenters. The number of hydrogen-bond acceptors (Lipinski definition) is 3. The van der Waals surface area contributed by atoms with Gasteiger partial charge in [-0.3, -0.25) is 0 Å². The van der Waals surface area contributed by atoms with Crippen molar-refractivity contribution in [2.24, 2.45) is 0 Å². The Morgan fingerprint density at radius 1 is 1.10 bits per heavy atom. The van der Waals surface area contributed by atoms with Crippen LogP contribution in [-0.4, -0.2) is 13.1 Å². The molecule has 0 aliphatic rings. The molecule has 0 aromatic heterocycles. The number of para-hydroxylation sites is 1. The fourth-order valence-electron chi connectivity index (χ4n) is 1.82. The monoisotopic (exact) mass is 282 g/mol. The standard InChI is InChI=1S/C18H18O3/c1-14-7-9-15(10-8-14)13-21-17-6-4-3-5-16(17)11-12-18(19)20-2/h3-12H,13H2,1-2H3/b12-11+. The number of ether oxygens (including phenoxy) is 2. The average Bonchev–Trinajstić information content (AvgIpc) is 2.52. The molecular formula is C18H18O3. The Kier molecular flexibility index (Phi) is 5.16. The third-order valence-corrected chi connectivity index (χ3v) is 3.03. The van der Waals surface area contributed by atoms with Gasteiger partial charge in [0.05, 0.1) is 7.11 Å². The molecule has 0 aliphatic carbocycles. The third-order valence-electron chi connectivity index (χ3n) is 3.03. The Morgan fingerprint density at radius 2 is 1.81 bits per heavy atom. The molecule has 0 aliphatic heterocycles. The molecule has 0 spiro atoms. The number of esters is 1. The molecule has 0 N–H and O–H groups in total. The van der Waals surface area contributed by atoms with Crippen LogP contribution in [0.3, 0.4) is 0 Å². The first-order valence-electron chi connectivity index (χ1n) is 6.72. The Bertz CT molecular complexity index is 627. The van der Waals surface area contributed by atoms with Gasteiger partial charge in [0.1, 0.15) is 12.4 Å². The second-order valence-corrected chi connectivity index (χ2v) is 4.67. The quantitative estimate of drug-likeness (QED) is 0.618. The van der Waals surface area contributed by atoms with Crippen molar-refractivity contribution in [2.75, 3.05) is 7.11 Å². The van der Waals surface area contributed by atoms with Gasteiger partial charge in [-0.2, -0.15) is 0 Å². The summed E-state index contributed by atoms with van der Waals surface area (Å²) in [6, 6.07) is 15.8. The summed E-state index contributed by atoms with van der Waals surface area (Å²) in [6.45, 7) is 2.54. The van der Waals surface area contributed by atoms with E-state index >= 15 is 0 Å². The lowest BCUT2D eigenvalue weighted by atomic mass is 10.1.